The van der Waals surface area contributed by atoms with Gasteiger partial charge in [0.25, 0.3) is 5.91 Å². The smallest absolute Gasteiger partial charge is 0.414 e. The van der Waals surface area contributed by atoms with Crippen LogP contribution in [0.4, 0.5) is 0 Å². The monoisotopic (exact) mass is 445 g/mol. The fraction of sp³-hybridized carbons (Fsp3) is 0.444. The molecule has 0 bridgehead atoms. The van der Waals surface area contributed by atoms with E-state index < -0.39 is 23.9 Å². The van der Waals surface area contributed by atoms with Crippen LogP contribution >= 0.6 is 0 Å². The minimum Gasteiger partial charge on any atom is -0.482 e. The molecule has 0 aliphatic rings. The van der Waals surface area contributed by atoms with Crippen LogP contribution in [-0.2, 0) is 30.4 Å². The zero-order valence-electron chi connectivity index (χ0n) is 17.6. The molecule has 0 spiro atoms. The van der Waals surface area contributed by atoms with Gasteiger partial charge in [-0.15, -0.1) is 0 Å². The Morgan fingerprint density at radius 3 is 1.84 bits per heavy atom. The van der Waals surface area contributed by atoms with Gasteiger partial charge in [-0.2, -0.15) is 0 Å². The van der Waals surface area contributed by atoms with Crippen LogP contribution in [0.1, 0.15) is 18.3 Å². The molecule has 1 aromatic heterocycles. The van der Waals surface area contributed by atoms with Gasteiger partial charge >= 0.3 is 23.9 Å². The Kier molecular flexibility index (Phi) is 15.3. The summed E-state index contributed by atoms with van der Waals surface area (Å²) in [5.41, 5.74) is 1.85. The number of amides is 1. The summed E-state index contributed by atoms with van der Waals surface area (Å²) >= 11 is 0. The fourth-order valence-corrected chi connectivity index (χ4v) is 1.60. The number of likely N-dealkylation sites (N-methyl/N-ethyl adjacent to an activating group) is 1. The van der Waals surface area contributed by atoms with E-state index in [4.69, 9.17) is 44.3 Å². The number of pyridine rings is 1. The number of hydrogen-bond donors (Lipinski definition) is 5. The van der Waals surface area contributed by atoms with Crippen LogP contribution < -0.4 is 10.1 Å². The lowest BCUT2D eigenvalue weighted by Crippen LogP contribution is -2.34. The van der Waals surface area contributed by atoms with Crippen molar-refractivity contribution >= 4 is 29.8 Å². The lowest BCUT2D eigenvalue weighted by molar-refractivity contribution is -0.159. The molecule has 1 rings (SSSR count). The Bertz CT molecular complexity index is 717. The molecular formula is C18H27N3O10. The summed E-state index contributed by atoms with van der Waals surface area (Å²) in [7, 11) is 3.93. The van der Waals surface area contributed by atoms with Crippen molar-refractivity contribution in [1.29, 1.82) is 0 Å². The van der Waals surface area contributed by atoms with E-state index in [1.165, 1.54) is 0 Å². The van der Waals surface area contributed by atoms with Crippen molar-refractivity contribution in [1.82, 2.24) is 15.2 Å². The summed E-state index contributed by atoms with van der Waals surface area (Å²) in [5.74, 6) is -6.71. The topological polar surface area (TPSA) is 204 Å². The number of carboxylic acid groups (broad SMARTS) is 4. The molecule has 0 aliphatic heterocycles. The van der Waals surface area contributed by atoms with Crippen molar-refractivity contribution in [3.05, 3.63) is 23.5 Å². The quantitative estimate of drug-likeness (QED) is 0.331. The van der Waals surface area contributed by atoms with Crippen molar-refractivity contribution in [2.45, 2.75) is 20.3 Å². The highest BCUT2D eigenvalue weighted by atomic mass is 16.5. The third kappa shape index (κ3) is 16.9. The normalized spacial score (nSPS) is 9.32. The van der Waals surface area contributed by atoms with Gasteiger partial charge in [0.1, 0.15) is 5.75 Å². The molecule has 0 aliphatic carbocycles. The van der Waals surface area contributed by atoms with Crippen LogP contribution in [0, 0.1) is 6.92 Å². The number of nitrogens with one attached hydrogen (secondary N) is 1. The molecule has 0 aromatic carbocycles. The first-order valence-corrected chi connectivity index (χ1v) is 8.74. The SMILES string of the molecule is CCc1nc(C)ccc1OCC(=O)NCCN(C)C.O=C(O)C(=O)O.O=C(O)C(=O)O. The molecule has 0 fully saturated rings. The Labute approximate surface area is 178 Å². The molecule has 13 nitrogen and oxygen atoms in total. The molecule has 0 atom stereocenters. The second-order valence-electron chi connectivity index (χ2n) is 5.91. The lowest BCUT2D eigenvalue weighted by atomic mass is 10.2. The highest BCUT2D eigenvalue weighted by Crippen LogP contribution is 2.17. The lowest BCUT2D eigenvalue weighted by Gasteiger charge is -2.12. The van der Waals surface area contributed by atoms with E-state index in [-0.39, 0.29) is 12.5 Å². The minimum atomic E-state index is -1.82. The molecule has 0 unspecified atom stereocenters. The van der Waals surface area contributed by atoms with Crippen LogP contribution in [0.25, 0.3) is 0 Å². The number of rotatable bonds is 7. The molecule has 1 aromatic rings. The van der Waals surface area contributed by atoms with Gasteiger partial charge in [0.15, 0.2) is 6.61 Å². The largest absolute Gasteiger partial charge is 0.482 e. The van der Waals surface area contributed by atoms with Crippen molar-refractivity contribution in [2.24, 2.45) is 0 Å². The van der Waals surface area contributed by atoms with Gasteiger partial charge in [-0.25, -0.2) is 19.2 Å². The van der Waals surface area contributed by atoms with Gasteiger partial charge in [0.05, 0.1) is 5.69 Å². The number of hydrogen-bond acceptors (Lipinski definition) is 8. The van der Waals surface area contributed by atoms with Crippen molar-refractivity contribution in [2.75, 3.05) is 33.8 Å². The van der Waals surface area contributed by atoms with Crippen molar-refractivity contribution in [3.63, 3.8) is 0 Å². The third-order valence-corrected chi connectivity index (χ3v) is 3.01. The number of carboxylic acids is 4. The highest BCUT2D eigenvalue weighted by molar-refractivity contribution is 6.27. The average Bonchev–Trinajstić information content (AvgIpc) is 2.67. The van der Waals surface area contributed by atoms with E-state index in [2.05, 4.69) is 10.3 Å². The zero-order chi connectivity index (χ0) is 24.6. The van der Waals surface area contributed by atoms with E-state index in [1.54, 1.807) is 0 Å². The predicted octanol–water partition coefficient (Wildman–Crippen LogP) is -0.680. The molecule has 0 radical (unpaired) electrons. The standard InChI is InChI=1S/C14H23N3O2.2C2H2O4/c1-5-12-13(7-6-11(2)16-12)19-10-14(18)15-8-9-17(3)4;2*3-1(4)2(5)6/h6-7H,5,8-10H2,1-4H3,(H,15,18);2*(H,3,4)(H,5,6). The number of aromatic nitrogens is 1. The first kappa shape index (κ1) is 29.5. The van der Waals surface area contributed by atoms with Gasteiger partial charge in [-0.05, 0) is 39.6 Å². The maximum atomic E-state index is 11.6. The van der Waals surface area contributed by atoms with Crippen LogP contribution in [0.5, 0.6) is 5.75 Å². The Balaban J connectivity index is 0. The second kappa shape index (κ2) is 16.1. The van der Waals surface area contributed by atoms with Gasteiger partial charge in [-0.3, -0.25) is 9.78 Å². The highest BCUT2D eigenvalue weighted by Gasteiger charge is 2.07. The second-order valence-corrected chi connectivity index (χ2v) is 5.91. The molecule has 1 heterocycles. The average molecular weight is 445 g/mol. The number of ether oxygens (including phenoxy) is 1. The zero-order valence-corrected chi connectivity index (χ0v) is 17.6. The summed E-state index contributed by atoms with van der Waals surface area (Å²) in [6.07, 6.45) is 0.791. The van der Waals surface area contributed by atoms with E-state index in [9.17, 15) is 4.79 Å². The molecule has 0 saturated carbocycles. The Morgan fingerprint density at radius 2 is 1.45 bits per heavy atom. The number of aryl methyl sites for hydroxylation is 2. The first-order valence-electron chi connectivity index (χ1n) is 8.74. The van der Waals surface area contributed by atoms with Crippen molar-refractivity contribution in [3.8, 4) is 5.75 Å². The third-order valence-electron chi connectivity index (χ3n) is 3.01. The molecule has 1 amide bonds. The van der Waals surface area contributed by atoms with Gasteiger partial charge in [0, 0.05) is 18.8 Å². The minimum absolute atomic E-state index is 0.0329. The number of carbonyl (C=O) groups is 5. The van der Waals surface area contributed by atoms with E-state index in [0.717, 1.165) is 24.4 Å². The molecule has 5 N–H and O–H groups in total. The summed E-state index contributed by atoms with van der Waals surface area (Å²) in [5, 5.41) is 32.4. The summed E-state index contributed by atoms with van der Waals surface area (Å²) in [4.78, 5) is 54.4. The summed E-state index contributed by atoms with van der Waals surface area (Å²) in [6.45, 7) is 5.44. The molecular weight excluding hydrogens is 418 g/mol. The van der Waals surface area contributed by atoms with Crippen LogP contribution in [-0.4, -0.2) is 93.9 Å². The maximum Gasteiger partial charge on any atom is 0.414 e. The summed E-state index contributed by atoms with van der Waals surface area (Å²) in [6, 6.07) is 3.76. The fourth-order valence-electron chi connectivity index (χ4n) is 1.60. The molecule has 0 saturated heterocycles. The van der Waals surface area contributed by atoms with E-state index in [1.807, 2.05) is 45.0 Å². The van der Waals surface area contributed by atoms with Gasteiger partial charge < -0.3 is 35.4 Å². The summed E-state index contributed by atoms with van der Waals surface area (Å²) < 4.78 is 5.51. The van der Waals surface area contributed by atoms with Gasteiger partial charge in [0.2, 0.25) is 0 Å². The number of nitrogens with zero attached hydrogens (tertiary/aromatic N) is 2. The Morgan fingerprint density at radius 1 is 0.968 bits per heavy atom. The number of carbonyl (C=O) groups excluding carboxylic acids is 1. The first-order chi connectivity index (χ1) is 14.3. The maximum absolute atomic E-state index is 11.6. The van der Waals surface area contributed by atoms with E-state index in [0.29, 0.717) is 12.3 Å². The van der Waals surface area contributed by atoms with Crippen LogP contribution in [0.15, 0.2) is 12.1 Å². The molecule has 174 valence electrons. The van der Waals surface area contributed by atoms with Crippen LogP contribution in [0.2, 0.25) is 0 Å². The van der Waals surface area contributed by atoms with Crippen LogP contribution in [0.3, 0.4) is 0 Å². The number of aliphatic carboxylic acids is 4. The predicted molar refractivity (Wildman–Crippen MR) is 106 cm³/mol. The van der Waals surface area contributed by atoms with E-state index >= 15 is 0 Å². The van der Waals surface area contributed by atoms with Gasteiger partial charge in [-0.1, -0.05) is 6.92 Å². The Hall–Kier alpha value is -3.74. The molecule has 13 heteroatoms. The molecule has 31 heavy (non-hydrogen) atoms. The van der Waals surface area contributed by atoms with Crippen molar-refractivity contribution < 1.29 is 49.1 Å².